The third-order valence-corrected chi connectivity index (χ3v) is 2.57. The molecule has 16 heavy (non-hydrogen) atoms. The summed E-state index contributed by atoms with van der Waals surface area (Å²) in [6.07, 6.45) is 0. The van der Waals surface area contributed by atoms with Gasteiger partial charge in [0, 0.05) is 12.1 Å². The molecule has 0 spiro atoms. The maximum atomic E-state index is 13.8. The summed E-state index contributed by atoms with van der Waals surface area (Å²) in [6.45, 7) is 2.46. The van der Waals surface area contributed by atoms with Crippen LogP contribution in [0.1, 0.15) is 22.6 Å². The van der Waals surface area contributed by atoms with Crippen LogP contribution in [0.25, 0.3) is 0 Å². The highest BCUT2D eigenvalue weighted by Crippen LogP contribution is 2.27. The second kappa shape index (κ2) is 4.57. The third kappa shape index (κ3) is 2.04. The fourth-order valence-electron chi connectivity index (χ4n) is 1.62. The molecule has 1 aromatic rings. The molecule has 0 aliphatic heterocycles. The van der Waals surface area contributed by atoms with Gasteiger partial charge in [-0.25, -0.2) is 8.78 Å². The van der Waals surface area contributed by atoms with Crippen molar-refractivity contribution in [2.24, 2.45) is 5.73 Å². The Balaban J connectivity index is 3.47. The minimum Gasteiger partial charge on any atom is -0.481 e. The number of hydrogen-bond donors (Lipinski definition) is 2. The van der Waals surface area contributed by atoms with Gasteiger partial charge in [-0.1, -0.05) is 0 Å². The van der Waals surface area contributed by atoms with E-state index >= 15 is 0 Å². The number of aryl methyl sites for hydroxylation is 1. The summed E-state index contributed by atoms with van der Waals surface area (Å²) >= 11 is 0. The quantitative estimate of drug-likeness (QED) is 0.829. The van der Waals surface area contributed by atoms with Crippen LogP contribution in [0.2, 0.25) is 0 Å². The van der Waals surface area contributed by atoms with E-state index in [1.807, 2.05) is 0 Å². The van der Waals surface area contributed by atoms with Crippen LogP contribution in [0.4, 0.5) is 8.78 Å². The molecular formula is C11H13F2NO2. The van der Waals surface area contributed by atoms with Gasteiger partial charge in [-0.05, 0) is 31.0 Å². The molecule has 0 aliphatic carbocycles. The number of carboxylic acids is 1. The lowest BCUT2D eigenvalue weighted by Gasteiger charge is -2.16. The highest BCUT2D eigenvalue weighted by molar-refractivity contribution is 5.77. The topological polar surface area (TPSA) is 63.3 Å². The first-order valence-corrected chi connectivity index (χ1v) is 4.78. The first kappa shape index (κ1) is 12.6. The predicted octanol–water partition coefficient (Wildman–Crippen LogP) is 1.71. The second-order valence-electron chi connectivity index (χ2n) is 3.65. The Bertz CT molecular complexity index is 406. The van der Waals surface area contributed by atoms with Crippen LogP contribution in [0.5, 0.6) is 0 Å². The van der Waals surface area contributed by atoms with Crippen molar-refractivity contribution in [3.8, 4) is 0 Å². The molecule has 0 saturated heterocycles. The van der Waals surface area contributed by atoms with Gasteiger partial charge in [0.2, 0.25) is 0 Å². The van der Waals surface area contributed by atoms with Crippen molar-refractivity contribution >= 4 is 5.97 Å². The normalized spacial score (nSPS) is 12.6. The van der Waals surface area contributed by atoms with Crippen molar-refractivity contribution in [3.05, 3.63) is 34.4 Å². The zero-order chi connectivity index (χ0) is 12.5. The largest absolute Gasteiger partial charge is 0.481 e. The monoisotopic (exact) mass is 229 g/mol. The van der Waals surface area contributed by atoms with Gasteiger partial charge >= 0.3 is 5.97 Å². The molecule has 0 heterocycles. The Hall–Kier alpha value is -1.49. The molecule has 5 heteroatoms. The van der Waals surface area contributed by atoms with E-state index in [9.17, 15) is 13.6 Å². The third-order valence-electron chi connectivity index (χ3n) is 2.57. The van der Waals surface area contributed by atoms with Crippen molar-refractivity contribution in [1.82, 2.24) is 0 Å². The Labute approximate surface area is 91.9 Å². The summed E-state index contributed by atoms with van der Waals surface area (Å²) in [4.78, 5) is 10.9. The molecule has 0 amide bonds. The Morgan fingerprint density at radius 3 is 2.50 bits per heavy atom. The lowest BCUT2D eigenvalue weighted by molar-refractivity contribution is -0.138. The summed E-state index contributed by atoms with van der Waals surface area (Å²) in [5.41, 5.74) is 5.20. The van der Waals surface area contributed by atoms with E-state index in [-0.39, 0.29) is 23.2 Å². The van der Waals surface area contributed by atoms with E-state index in [1.54, 1.807) is 0 Å². The maximum absolute atomic E-state index is 13.8. The van der Waals surface area contributed by atoms with Crippen LogP contribution in [0.15, 0.2) is 6.07 Å². The smallest absolute Gasteiger partial charge is 0.312 e. The van der Waals surface area contributed by atoms with Gasteiger partial charge in [0.1, 0.15) is 11.6 Å². The average Bonchev–Trinajstić information content (AvgIpc) is 2.21. The van der Waals surface area contributed by atoms with E-state index in [4.69, 9.17) is 10.8 Å². The molecule has 1 unspecified atom stereocenters. The summed E-state index contributed by atoms with van der Waals surface area (Å²) in [6, 6.07) is 1.05. The van der Waals surface area contributed by atoms with E-state index in [1.165, 1.54) is 13.8 Å². The molecule has 0 fully saturated rings. The average molecular weight is 229 g/mol. The molecule has 88 valence electrons. The Morgan fingerprint density at radius 1 is 1.50 bits per heavy atom. The first-order chi connectivity index (χ1) is 7.40. The summed E-state index contributed by atoms with van der Waals surface area (Å²) in [7, 11) is 0. The standard InChI is InChI=1S/C11H13F2NO2/c1-5-3-8(12)6(2)9(10(5)13)7(4-14)11(15)16/h3,7H,4,14H2,1-2H3,(H,15,16). The fourth-order valence-corrected chi connectivity index (χ4v) is 1.62. The minimum absolute atomic E-state index is 0.000880. The number of carbonyl (C=O) groups is 1. The molecule has 1 rings (SSSR count). The van der Waals surface area contributed by atoms with Crippen LogP contribution >= 0.6 is 0 Å². The zero-order valence-electron chi connectivity index (χ0n) is 9.05. The SMILES string of the molecule is Cc1cc(F)c(C)c(C(CN)C(=O)O)c1F. The summed E-state index contributed by atoms with van der Waals surface area (Å²) in [5.74, 6) is -3.78. The van der Waals surface area contributed by atoms with Crippen molar-refractivity contribution in [1.29, 1.82) is 0 Å². The van der Waals surface area contributed by atoms with Crippen molar-refractivity contribution in [3.63, 3.8) is 0 Å². The summed E-state index contributed by atoms with van der Waals surface area (Å²) < 4.78 is 27.1. The van der Waals surface area contributed by atoms with Crippen molar-refractivity contribution in [2.75, 3.05) is 6.54 Å². The van der Waals surface area contributed by atoms with E-state index in [2.05, 4.69) is 0 Å². The van der Waals surface area contributed by atoms with Gasteiger partial charge in [-0.2, -0.15) is 0 Å². The molecule has 3 nitrogen and oxygen atoms in total. The molecule has 1 aromatic carbocycles. The molecular weight excluding hydrogens is 216 g/mol. The number of benzene rings is 1. The van der Waals surface area contributed by atoms with Gasteiger partial charge < -0.3 is 10.8 Å². The van der Waals surface area contributed by atoms with Crippen molar-refractivity contribution < 1.29 is 18.7 Å². The number of aliphatic carboxylic acids is 1. The minimum atomic E-state index is -1.26. The van der Waals surface area contributed by atoms with Gasteiger partial charge in [0.05, 0.1) is 5.92 Å². The molecule has 0 aliphatic rings. The summed E-state index contributed by atoms with van der Waals surface area (Å²) in [5, 5.41) is 8.89. The van der Waals surface area contributed by atoms with E-state index < -0.39 is 23.5 Å². The Kier molecular flexibility index (Phi) is 3.59. The lowest BCUT2D eigenvalue weighted by atomic mass is 9.92. The van der Waals surface area contributed by atoms with Crippen LogP contribution in [-0.4, -0.2) is 17.6 Å². The second-order valence-corrected chi connectivity index (χ2v) is 3.65. The number of rotatable bonds is 3. The molecule has 0 bridgehead atoms. The number of nitrogens with two attached hydrogens (primary N) is 1. The van der Waals surface area contributed by atoms with E-state index in [0.717, 1.165) is 6.07 Å². The number of halogens is 2. The van der Waals surface area contributed by atoms with Crippen LogP contribution in [0, 0.1) is 25.5 Å². The Morgan fingerprint density at radius 2 is 2.06 bits per heavy atom. The van der Waals surface area contributed by atoms with Gasteiger partial charge in [-0.15, -0.1) is 0 Å². The highest BCUT2D eigenvalue weighted by Gasteiger charge is 2.26. The maximum Gasteiger partial charge on any atom is 0.312 e. The molecule has 0 radical (unpaired) electrons. The molecule has 0 saturated carbocycles. The van der Waals surface area contributed by atoms with E-state index in [0.29, 0.717) is 0 Å². The fraction of sp³-hybridized carbons (Fsp3) is 0.364. The first-order valence-electron chi connectivity index (χ1n) is 4.78. The van der Waals surface area contributed by atoms with Gasteiger partial charge in [0.15, 0.2) is 0 Å². The van der Waals surface area contributed by atoms with Crippen LogP contribution < -0.4 is 5.73 Å². The van der Waals surface area contributed by atoms with Gasteiger partial charge in [0.25, 0.3) is 0 Å². The predicted molar refractivity (Wildman–Crippen MR) is 55.3 cm³/mol. The molecule has 1 atom stereocenters. The van der Waals surface area contributed by atoms with Crippen molar-refractivity contribution in [2.45, 2.75) is 19.8 Å². The van der Waals surface area contributed by atoms with Crippen LogP contribution in [-0.2, 0) is 4.79 Å². The lowest BCUT2D eigenvalue weighted by Crippen LogP contribution is -2.24. The highest BCUT2D eigenvalue weighted by atomic mass is 19.1. The molecule has 3 N–H and O–H groups in total. The number of hydrogen-bond acceptors (Lipinski definition) is 2. The van der Waals surface area contributed by atoms with Crippen LogP contribution in [0.3, 0.4) is 0 Å². The van der Waals surface area contributed by atoms with Gasteiger partial charge in [-0.3, -0.25) is 4.79 Å². The zero-order valence-corrected chi connectivity index (χ0v) is 9.05. The molecule has 0 aromatic heterocycles. The number of carboxylic acid groups (broad SMARTS) is 1.